The Morgan fingerprint density at radius 1 is 1.18 bits per heavy atom. The van der Waals surface area contributed by atoms with Crippen LogP contribution in [0.2, 0.25) is 0 Å². The molecular weight excluding hydrogens is 376 g/mol. The van der Waals surface area contributed by atoms with E-state index in [1.54, 1.807) is 31.4 Å². The van der Waals surface area contributed by atoms with Crippen LogP contribution in [-0.4, -0.2) is 35.1 Å². The van der Waals surface area contributed by atoms with E-state index in [9.17, 15) is 9.59 Å². The van der Waals surface area contributed by atoms with Gasteiger partial charge in [0.2, 0.25) is 11.8 Å². The Balaban J connectivity index is 1.67. The van der Waals surface area contributed by atoms with Gasteiger partial charge in [0.25, 0.3) is 0 Å². The number of nitrogens with zero attached hydrogens (tertiary/aromatic N) is 2. The molecule has 144 valence electrons. The molecule has 2 aromatic rings. The number of benzene rings is 2. The number of anilines is 1. The second-order valence-corrected chi connectivity index (χ2v) is 7.22. The van der Waals surface area contributed by atoms with Crippen molar-refractivity contribution in [2.75, 3.05) is 12.4 Å². The molecule has 28 heavy (non-hydrogen) atoms. The minimum Gasteiger partial charge on any atom is -0.497 e. The van der Waals surface area contributed by atoms with Crippen molar-refractivity contribution < 1.29 is 14.3 Å². The highest BCUT2D eigenvalue weighted by Gasteiger charge is 2.30. The van der Waals surface area contributed by atoms with Gasteiger partial charge in [0.05, 0.1) is 12.8 Å². The third kappa shape index (κ3) is 5.20. The van der Waals surface area contributed by atoms with E-state index in [0.29, 0.717) is 22.3 Å². The SMILES string of the molecule is COc1ccc(NC(=O)C2CC(=O)N/C(=N\N=C(/C)c3ccccc3)S2)cc1. The van der Waals surface area contributed by atoms with Crippen molar-refractivity contribution in [1.29, 1.82) is 0 Å². The molecule has 2 amide bonds. The van der Waals surface area contributed by atoms with Crippen molar-refractivity contribution in [3.05, 3.63) is 60.2 Å². The van der Waals surface area contributed by atoms with Gasteiger partial charge in [-0.25, -0.2) is 0 Å². The summed E-state index contributed by atoms with van der Waals surface area (Å²) in [5.41, 5.74) is 2.29. The first-order valence-electron chi connectivity index (χ1n) is 8.64. The van der Waals surface area contributed by atoms with Crippen LogP contribution in [0.1, 0.15) is 18.9 Å². The fourth-order valence-electron chi connectivity index (χ4n) is 2.49. The molecule has 7 nitrogen and oxygen atoms in total. The van der Waals surface area contributed by atoms with E-state index in [-0.39, 0.29) is 18.2 Å². The Morgan fingerprint density at radius 3 is 2.57 bits per heavy atom. The summed E-state index contributed by atoms with van der Waals surface area (Å²) in [6, 6.07) is 16.6. The third-order valence-corrected chi connectivity index (χ3v) is 5.08. The summed E-state index contributed by atoms with van der Waals surface area (Å²) in [5.74, 6) is 0.173. The van der Waals surface area contributed by atoms with Crippen molar-refractivity contribution in [2.24, 2.45) is 10.2 Å². The maximum atomic E-state index is 12.5. The molecule has 1 aliphatic heterocycles. The molecule has 1 atom stereocenters. The number of rotatable bonds is 5. The van der Waals surface area contributed by atoms with Gasteiger partial charge in [-0.15, -0.1) is 5.10 Å². The lowest BCUT2D eigenvalue weighted by molar-refractivity contribution is -0.123. The molecule has 8 heteroatoms. The zero-order valence-corrected chi connectivity index (χ0v) is 16.3. The molecule has 0 aromatic heterocycles. The molecule has 3 rings (SSSR count). The Morgan fingerprint density at radius 2 is 1.89 bits per heavy atom. The number of carbonyl (C=O) groups is 2. The van der Waals surface area contributed by atoms with Crippen LogP contribution in [0.25, 0.3) is 0 Å². The maximum absolute atomic E-state index is 12.5. The molecule has 1 heterocycles. The Labute approximate surface area is 167 Å². The van der Waals surface area contributed by atoms with Gasteiger partial charge in [-0.2, -0.15) is 5.10 Å². The molecule has 1 aliphatic rings. The van der Waals surface area contributed by atoms with E-state index in [2.05, 4.69) is 20.8 Å². The number of amides is 2. The Bertz CT molecular complexity index is 911. The number of nitrogens with one attached hydrogen (secondary N) is 2. The maximum Gasteiger partial charge on any atom is 0.238 e. The molecule has 1 unspecified atom stereocenters. The Hall–Kier alpha value is -3.13. The van der Waals surface area contributed by atoms with Crippen molar-refractivity contribution >= 4 is 40.1 Å². The number of amidine groups is 1. The van der Waals surface area contributed by atoms with E-state index in [0.717, 1.165) is 5.56 Å². The highest BCUT2D eigenvalue weighted by atomic mass is 32.2. The van der Waals surface area contributed by atoms with Gasteiger partial charge in [0.15, 0.2) is 5.17 Å². The van der Waals surface area contributed by atoms with Crippen LogP contribution in [0.5, 0.6) is 5.75 Å². The smallest absolute Gasteiger partial charge is 0.238 e. The van der Waals surface area contributed by atoms with Gasteiger partial charge in [-0.3, -0.25) is 9.59 Å². The largest absolute Gasteiger partial charge is 0.497 e. The van der Waals surface area contributed by atoms with Crippen LogP contribution in [0.3, 0.4) is 0 Å². The Kier molecular flexibility index (Phi) is 6.44. The summed E-state index contributed by atoms with van der Waals surface area (Å²) in [5, 5.41) is 13.5. The summed E-state index contributed by atoms with van der Waals surface area (Å²) in [7, 11) is 1.58. The van der Waals surface area contributed by atoms with Crippen molar-refractivity contribution in [3.8, 4) is 5.75 Å². The van der Waals surface area contributed by atoms with E-state index in [4.69, 9.17) is 4.74 Å². The number of hydrogen-bond donors (Lipinski definition) is 2. The molecule has 0 spiro atoms. The number of ether oxygens (including phenoxy) is 1. The summed E-state index contributed by atoms with van der Waals surface area (Å²) in [6.45, 7) is 1.84. The molecule has 2 N–H and O–H groups in total. The zero-order valence-electron chi connectivity index (χ0n) is 15.5. The lowest BCUT2D eigenvalue weighted by atomic mass is 10.1. The average Bonchev–Trinajstić information content (AvgIpc) is 2.72. The molecule has 1 saturated heterocycles. The molecule has 0 saturated carbocycles. The number of hydrogen-bond acceptors (Lipinski definition) is 6. The molecule has 0 aliphatic carbocycles. The van der Waals surface area contributed by atoms with Crippen LogP contribution in [-0.2, 0) is 9.59 Å². The second-order valence-electron chi connectivity index (χ2n) is 6.03. The average molecular weight is 396 g/mol. The van der Waals surface area contributed by atoms with Crippen molar-refractivity contribution in [3.63, 3.8) is 0 Å². The fraction of sp³-hybridized carbons (Fsp3) is 0.200. The van der Waals surface area contributed by atoms with E-state index in [1.807, 2.05) is 37.3 Å². The molecule has 1 fully saturated rings. The van der Waals surface area contributed by atoms with E-state index in [1.165, 1.54) is 11.8 Å². The normalized spacial score (nSPS) is 18.5. The minimum absolute atomic E-state index is 0.0764. The predicted octanol–water partition coefficient (Wildman–Crippen LogP) is 3.04. The van der Waals surface area contributed by atoms with E-state index >= 15 is 0 Å². The van der Waals surface area contributed by atoms with Gasteiger partial charge in [0.1, 0.15) is 11.0 Å². The summed E-state index contributed by atoms with van der Waals surface area (Å²) < 4.78 is 5.10. The topological polar surface area (TPSA) is 92.1 Å². The molecule has 0 radical (unpaired) electrons. The second kappa shape index (κ2) is 9.18. The lowest BCUT2D eigenvalue weighted by Gasteiger charge is -2.21. The first kappa shape index (κ1) is 19.6. The van der Waals surface area contributed by atoms with Crippen LogP contribution in [0.4, 0.5) is 5.69 Å². The van der Waals surface area contributed by atoms with Crippen LogP contribution in [0.15, 0.2) is 64.8 Å². The predicted molar refractivity (Wildman–Crippen MR) is 112 cm³/mol. The quantitative estimate of drug-likeness (QED) is 0.600. The van der Waals surface area contributed by atoms with Gasteiger partial charge in [-0.1, -0.05) is 42.1 Å². The molecule has 2 aromatic carbocycles. The monoisotopic (exact) mass is 396 g/mol. The van der Waals surface area contributed by atoms with Gasteiger partial charge in [-0.05, 0) is 36.8 Å². The fourth-order valence-corrected chi connectivity index (χ4v) is 3.42. The summed E-state index contributed by atoms with van der Waals surface area (Å²) in [6.07, 6.45) is 0.0764. The third-order valence-electron chi connectivity index (χ3n) is 4.00. The standard InChI is InChI=1S/C20H20N4O3S/c1-13(14-6-4-3-5-7-14)23-24-20-22-18(25)12-17(28-20)19(26)21-15-8-10-16(27-2)11-9-15/h3-11,17H,12H2,1-2H3,(H,21,26)(H,22,24,25)/b23-13+. The summed E-state index contributed by atoms with van der Waals surface area (Å²) >= 11 is 1.18. The number of methoxy groups -OCH3 is 1. The lowest BCUT2D eigenvalue weighted by Crippen LogP contribution is -2.41. The van der Waals surface area contributed by atoms with Gasteiger partial charge < -0.3 is 15.4 Å². The molecule has 0 bridgehead atoms. The van der Waals surface area contributed by atoms with Crippen molar-refractivity contribution in [2.45, 2.75) is 18.6 Å². The highest BCUT2D eigenvalue weighted by molar-refractivity contribution is 8.15. The molecular formula is C20H20N4O3S. The zero-order chi connectivity index (χ0) is 19.9. The highest BCUT2D eigenvalue weighted by Crippen LogP contribution is 2.23. The van der Waals surface area contributed by atoms with Crippen LogP contribution < -0.4 is 15.4 Å². The van der Waals surface area contributed by atoms with Crippen molar-refractivity contribution in [1.82, 2.24) is 5.32 Å². The number of carbonyl (C=O) groups excluding carboxylic acids is 2. The first-order valence-corrected chi connectivity index (χ1v) is 9.52. The van der Waals surface area contributed by atoms with E-state index < -0.39 is 5.25 Å². The summed E-state index contributed by atoms with van der Waals surface area (Å²) in [4.78, 5) is 24.5. The van der Waals surface area contributed by atoms with Crippen LogP contribution >= 0.6 is 11.8 Å². The van der Waals surface area contributed by atoms with Gasteiger partial charge >= 0.3 is 0 Å². The first-order chi connectivity index (χ1) is 13.5. The number of thioether (sulfide) groups is 1. The minimum atomic E-state index is -0.582. The van der Waals surface area contributed by atoms with Gasteiger partial charge in [0, 0.05) is 12.1 Å². The van der Waals surface area contributed by atoms with Crippen LogP contribution in [0, 0.1) is 0 Å².